The van der Waals surface area contributed by atoms with Gasteiger partial charge in [0, 0.05) is 18.6 Å². The SMILES string of the molecule is CC(C1CC1)N(C)C[C@@H](C)N. The van der Waals surface area contributed by atoms with Crippen LogP contribution in [0, 0.1) is 5.92 Å². The van der Waals surface area contributed by atoms with E-state index in [4.69, 9.17) is 5.73 Å². The van der Waals surface area contributed by atoms with E-state index in [1.807, 2.05) is 0 Å². The van der Waals surface area contributed by atoms with Crippen LogP contribution in [0.25, 0.3) is 0 Å². The van der Waals surface area contributed by atoms with Crippen LogP contribution in [0.5, 0.6) is 0 Å². The molecule has 0 aliphatic heterocycles. The molecule has 0 radical (unpaired) electrons. The smallest absolute Gasteiger partial charge is 0.0139 e. The van der Waals surface area contributed by atoms with E-state index < -0.39 is 0 Å². The molecule has 0 aromatic carbocycles. The van der Waals surface area contributed by atoms with Crippen molar-refractivity contribution in [3.8, 4) is 0 Å². The lowest BCUT2D eigenvalue weighted by Crippen LogP contribution is -2.39. The van der Waals surface area contributed by atoms with Gasteiger partial charge in [-0.3, -0.25) is 0 Å². The molecule has 66 valence electrons. The molecule has 2 atom stereocenters. The van der Waals surface area contributed by atoms with E-state index in [2.05, 4.69) is 25.8 Å². The highest BCUT2D eigenvalue weighted by Crippen LogP contribution is 2.34. The summed E-state index contributed by atoms with van der Waals surface area (Å²) in [6.07, 6.45) is 2.84. The lowest BCUT2D eigenvalue weighted by atomic mass is 10.2. The summed E-state index contributed by atoms with van der Waals surface area (Å²) in [5.41, 5.74) is 5.71. The molecule has 0 heterocycles. The molecule has 0 spiro atoms. The van der Waals surface area contributed by atoms with E-state index in [1.165, 1.54) is 12.8 Å². The minimum absolute atomic E-state index is 0.307. The summed E-state index contributed by atoms with van der Waals surface area (Å²) >= 11 is 0. The molecule has 1 rings (SSSR count). The zero-order chi connectivity index (χ0) is 8.43. The summed E-state index contributed by atoms with van der Waals surface area (Å²) in [7, 11) is 2.17. The van der Waals surface area contributed by atoms with E-state index in [9.17, 15) is 0 Å². The van der Waals surface area contributed by atoms with E-state index in [0.29, 0.717) is 6.04 Å². The van der Waals surface area contributed by atoms with Crippen molar-refractivity contribution in [2.24, 2.45) is 11.7 Å². The van der Waals surface area contributed by atoms with Crippen LogP contribution in [0.15, 0.2) is 0 Å². The van der Waals surface area contributed by atoms with Crippen LogP contribution < -0.4 is 5.73 Å². The maximum Gasteiger partial charge on any atom is 0.0139 e. The van der Waals surface area contributed by atoms with Gasteiger partial charge >= 0.3 is 0 Å². The van der Waals surface area contributed by atoms with Crippen molar-refractivity contribution in [1.29, 1.82) is 0 Å². The lowest BCUT2D eigenvalue weighted by molar-refractivity contribution is 0.225. The van der Waals surface area contributed by atoms with Gasteiger partial charge in [0.2, 0.25) is 0 Å². The van der Waals surface area contributed by atoms with Crippen molar-refractivity contribution in [3.05, 3.63) is 0 Å². The number of likely N-dealkylation sites (N-methyl/N-ethyl adjacent to an activating group) is 1. The van der Waals surface area contributed by atoms with E-state index in [0.717, 1.165) is 18.5 Å². The summed E-state index contributed by atoms with van der Waals surface area (Å²) in [4.78, 5) is 2.38. The zero-order valence-electron chi connectivity index (χ0n) is 7.88. The van der Waals surface area contributed by atoms with Gasteiger partial charge in [-0.2, -0.15) is 0 Å². The van der Waals surface area contributed by atoms with Crippen molar-refractivity contribution in [3.63, 3.8) is 0 Å². The second-order valence-corrected chi connectivity index (χ2v) is 3.99. The van der Waals surface area contributed by atoms with Crippen molar-refractivity contribution in [2.45, 2.75) is 38.8 Å². The fraction of sp³-hybridized carbons (Fsp3) is 1.00. The summed E-state index contributed by atoms with van der Waals surface area (Å²) in [6, 6.07) is 1.04. The van der Waals surface area contributed by atoms with Crippen LogP contribution in [0.2, 0.25) is 0 Å². The van der Waals surface area contributed by atoms with Crippen LogP contribution in [0.1, 0.15) is 26.7 Å². The monoisotopic (exact) mass is 156 g/mol. The van der Waals surface area contributed by atoms with Gasteiger partial charge in [0.1, 0.15) is 0 Å². The minimum Gasteiger partial charge on any atom is -0.327 e. The summed E-state index contributed by atoms with van der Waals surface area (Å²) < 4.78 is 0. The van der Waals surface area contributed by atoms with Crippen molar-refractivity contribution < 1.29 is 0 Å². The molecule has 2 heteroatoms. The van der Waals surface area contributed by atoms with E-state index in [-0.39, 0.29) is 0 Å². The fourth-order valence-corrected chi connectivity index (χ4v) is 1.56. The van der Waals surface area contributed by atoms with Crippen LogP contribution >= 0.6 is 0 Å². The Labute approximate surface area is 69.8 Å². The van der Waals surface area contributed by atoms with Crippen LogP contribution in [0.3, 0.4) is 0 Å². The maximum atomic E-state index is 5.71. The number of hydrogen-bond donors (Lipinski definition) is 1. The number of rotatable bonds is 4. The summed E-state index contributed by atoms with van der Waals surface area (Å²) in [6.45, 7) is 5.40. The molecule has 0 saturated heterocycles. The molecular weight excluding hydrogens is 136 g/mol. The normalized spacial score (nSPS) is 23.7. The maximum absolute atomic E-state index is 5.71. The Kier molecular flexibility index (Phi) is 2.90. The fourth-order valence-electron chi connectivity index (χ4n) is 1.56. The molecule has 1 aliphatic rings. The van der Waals surface area contributed by atoms with Gasteiger partial charge < -0.3 is 10.6 Å². The second-order valence-electron chi connectivity index (χ2n) is 3.99. The van der Waals surface area contributed by atoms with Crippen LogP contribution in [-0.4, -0.2) is 30.6 Å². The summed E-state index contributed by atoms with van der Waals surface area (Å²) in [5.74, 6) is 0.957. The molecule has 2 N–H and O–H groups in total. The second kappa shape index (κ2) is 3.55. The van der Waals surface area contributed by atoms with Gasteiger partial charge in [-0.1, -0.05) is 0 Å². The molecule has 1 unspecified atom stereocenters. The summed E-state index contributed by atoms with van der Waals surface area (Å²) in [5, 5.41) is 0. The quantitative estimate of drug-likeness (QED) is 0.659. The minimum atomic E-state index is 0.307. The number of nitrogens with zero attached hydrogens (tertiary/aromatic N) is 1. The average Bonchev–Trinajstić information content (AvgIpc) is 2.65. The molecule has 0 bridgehead atoms. The van der Waals surface area contributed by atoms with Gasteiger partial charge in [-0.15, -0.1) is 0 Å². The molecule has 11 heavy (non-hydrogen) atoms. The highest BCUT2D eigenvalue weighted by Gasteiger charge is 2.30. The van der Waals surface area contributed by atoms with Crippen molar-refractivity contribution in [1.82, 2.24) is 4.90 Å². The van der Waals surface area contributed by atoms with Crippen molar-refractivity contribution in [2.75, 3.05) is 13.6 Å². The molecule has 2 nitrogen and oxygen atoms in total. The van der Waals surface area contributed by atoms with Crippen LogP contribution in [0.4, 0.5) is 0 Å². The van der Waals surface area contributed by atoms with Crippen molar-refractivity contribution >= 4 is 0 Å². The topological polar surface area (TPSA) is 29.3 Å². The largest absolute Gasteiger partial charge is 0.327 e. The molecule has 0 amide bonds. The molecule has 1 fully saturated rings. The number of nitrogens with two attached hydrogens (primary N) is 1. The standard InChI is InChI=1S/C9H20N2/c1-7(10)6-11(3)8(2)9-4-5-9/h7-9H,4-6,10H2,1-3H3/t7-,8?/m1/s1. The van der Waals surface area contributed by atoms with Gasteiger partial charge in [0.05, 0.1) is 0 Å². The first kappa shape index (κ1) is 9.01. The third-order valence-corrected chi connectivity index (χ3v) is 2.58. The highest BCUT2D eigenvalue weighted by molar-refractivity contribution is 4.84. The third-order valence-electron chi connectivity index (χ3n) is 2.58. The molecule has 1 aliphatic carbocycles. The first-order valence-electron chi connectivity index (χ1n) is 4.57. The van der Waals surface area contributed by atoms with Gasteiger partial charge in [-0.25, -0.2) is 0 Å². The van der Waals surface area contributed by atoms with Gasteiger partial charge in [-0.05, 0) is 39.7 Å². The average molecular weight is 156 g/mol. The predicted octanol–water partition coefficient (Wildman–Crippen LogP) is 1.06. The van der Waals surface area contributed by atoms with E-state index >= 15 is 0 Å². The molecule has 0 aromatic heterocycles. The zero-order valence-corrected chi connectivity index (χ0v) is 7.88. The Morgan fingerprint density at radius 3 is 2.36 bits per heavy atom. The van der Waals surface area contributed by atoms with E-state index in [1.54, 1.807) is 0 Å². The first-order chi connectivity index (χ1) is 5.11. The molecule has 0 aromatic rings. The highest BCUT2D eigenvalue weighted by atomic mass is 15.1. The predicted molar refractivity (Wildman–Crippen MR) is 48.5 cm³/mol. The Balaban J connectivity index is 2.21. The Morgan fingerprint density at radius 1 is 1.45 bits per heavy atom. The number of hydrogen-bond acceptors (Lipinski definition) is 2. The van der Waals surface area contributed by atoms with Gasteiger partial charge in [0.25, 0.3) is 0 Å². The molecular formula is C9H20N2. The first-order valence-corrected chi connectivity index (χ1v) is 4.57. The Morgan fingerprint density at radius 2 is 2.00 bits per heavy atom. The third kappa shape index (κ3) is 2.80. The lowest BCUT2D eigenvalue weighted by Gasteiger charge is -2.25. The Hall–Kier alpha value is -0.0800. The van der Waals surface area contributed by atoms with Crippen LogP contribution in [-0.2, 0) is 0 Å². The molecule has 1 saturated carbocycles. The Bertz CT molecular complexity index is 119. The van der Waals surface area contributed by atoms with Gasteiger partial charge in [0.15, 0.2) is 0 Å².